The van der Waals surface area contributed by atoms with E-state index < -0.39 is 0 Å². The van der Waals surface area contributed by atoms with Gasteiger partial charge < -0.3 is 15.3 Å². The molecule has 118 valence electrons. The van der Waals surface area contributed by atoms with Gasteiger partial charge in [-0.25, -0.2) is 0 Å². The van der Waals surface area contributed by atoms with Gasteiger partial charge in [0.05, 0.1) is 0 Å². The second kappa shape index (κ2) is 8.76. The Bertz CT molecular complexity index is 435. The van der Waals surface area contributed by atoms with Crippen LogP contribution in [0.4, 0.5) is 5.69 Å². The van der Waals surface area contributed by atoms with Gasteiger partial charge in [0.25, 0.3) is 0 Å². The van der Waals surface area contributed by atoms with Crippen molar-refractivity contribution in [2.75, 3.05) is 24.6 Å². The van der Waals surface area contributed by atoms with E-state index in [1.807, 2.05) is 0 Å². The van der Waals surface area contributed by atoms with Crippen molar-refractivity contribution < 1.29 is 5.11 Å². The summed E-state index contributed by atoms with van der Waals surface area (Å²) in [6.07, 6.45) is 5.88. The Labute approximate surface area is 136 Å². The fraction of sp³-hybridized carbons (Fsp3) is 0.647. The van der Waals surface area contributed by atoms with Gasteiger partial charge in [-0.15, -0.1) is 0 Å². The highest BCUT2D eigenvalue weighted by Crippen LogP contribution is 2.33. The van der Waals surface area contributed by atoms with E-state index in [9.17, 15) is 5.11 Å². The van der Waals surface area contributed by atoms with Crippen LogP contribution in [0.1, 0.15) is 44.6 Å². The first-order valence-corrected chi connectivity index (χ1v) is 8.92. The number of hydrogen-bond donors (Lipinski definition) is 2. The molecule has 1 saturated carbocycles. The number of nitrogens with zero attached hydrogens (tertiary/aromatic N) is 1. The first-order valence-electron chi connectivity index (χ1n) is 8.13. The van der Waals surface area contributed by atoms with Crippen LogP contribution < -0.4 is 10.2 Å². The van der Waals surface area contributed by atoms with Crippen LogP contribution >= 0.6 is 15.9 Å². The first kappa shape index (κ1) is 16.8. The SMILES string of the molecule is CCCNCc1ccc(Br)cc1N(CCCO)C1CCC1. The van der Waals surface area contributed by atoms with Crippen molar-refractivity contribution in [1.82, 2.24) is 5.32 Å². The lowest BCUT2D eigenvalue weighted by molar-refractivity contribution is 0.283. The van der Waals surface area contributed by atoms with Crippen molar-refractivity contribution >= 4 is 21.6 Å². The van der Waals surface area contributed by atoms with Gasteiger partial charge in [0.2, 0.25) is 0 Å². The summed E-state index contributed by atoms with van der Waals surface area (Å²) in [7, 11) is 0. The highest BCUT2D eigenvalue weighted by Gasteiger charge is 2.26. The third-order valence-electron chi connectivity index (χ3n) is 4.17. The zero-order valence-corrected chi connectivity index (χ0v) is 14.5. The predicted octanol–water partition coefficient (Wildman–Crippen LogP) is 3.69. The standard InChI is InChI=1S/C17H27BrN2O/c1-2-9-19-13-14-7-8-15(18)12-17(14)20(10-4-11-21)16-5-3-6-16/h7-8,12,16,19,21H,2-6,9-11,13H2,1H3. The molecular formula is C17H27BrN2O. The van der Waals surface area contributed by atoms with Gasteiger partial charge in [-0.05, 0) is 56.3 Å². The molecule has 0 saturated heterocycles. The number of aliphatic hydroxyl groups is 1. The number of hydrogen-bond acceptors (Lipinski definition) is 3. The monoisotopic (exact) mass is 354 g/mol. The van der Waals surface area contributed by atoms with E-state index in [0.29, 0.717) is 6.04 Å². The van der Waals surface area contributed by atoms with Crippen molar-refractivity contribution in [1.29, 1.82) is 0 Å². The summed E-state index contributed by atoms with van der Waals surface area (Å²) in [6.45, 7) is 5.37. The van der Waals surface area contributed by atoms with Crippen molar-refractivity contribution in [2.24, 2.45) is 0 Å². The van der Waals surface area contributed by atoms with E-state index >= 15 is 0 Å². The van der Waals surface area contributed by atoms with E-state index in [4.69, 9.17) is 0 Å². The molecular weight excluding hydrogens is 328 g/mol. The maximum absolute atomic E-state index is 9.18. The van der Waals surface area contributed by atoms with Crippen LogP contribution in [0, 0.1) is 0 Å². The lowest BCUT2D eigenvalue weighted by atomic mass is 9.90. The Morgan fingerprint density at radius 2 is 2.19 bits per heavy atom. The quantitative estimate of drug-likeness (QED) is 0.663. The average molecular weight is 355 g/mol. The van der Waals surface area contributed by atoms with Crippen molar-refractivity contribution in [3.8, 4) is 0 Å². The van der Waals surface area contributed by atoms with Gasteiger partial charge in [-0.2, -0.15) is 0 Å². The van der Waals surface area contributed by atoms with Crippen LogP contribution in [-0.2, 0) is 6.54 Å². The molecule has 0 spiro atoms. The molecule has 0 heterocycles. The van der Waals surface area contributed by atoms with Crippen LogP contribution in [-0.4, -0.2) is 30.8 Å². The molecule has 0 aromatic heterocycles. The zero-order chi connectivity index (χ0) is 15.1. The van der Waals surface area contributed by atoms with Gasteiger partial charge in [0.1, 0.15) is 0 Å². The third-order valence-corrected chi connectivity index (χ3v) is 4.66. The average Bonchev–Trinajstić information content (AvgIpc) is 2.43. The predicted molar refractivity (Wildman–Crippen MR) is 92.8 cm³/mol. The molecule has 1 fully saturated rings. The summed E-state index contributed by atoms with van der Waals surface area (Å²) in [6, 6.07) is 7.22. The maximum atomic E-state index is 9.18. The van der Waals surface area contributed by atoms with Crippen LogP contribution in [0.25, 0.3) is 0 Å². The Morgan fingerprint density at radius 1 is 1.38 bits per heavy atom. The molecule has 2 rings (SSSR count). The summed E-state index contributed by atoms with van der Waals surface area (Å²) < 4.78 is 1.13. The number of rotatable bonds is 9. The smallest absolute Gasteiger partial charge is 0.0447 e. The molecule has 1 aliphatic carbocycles. The molecule has 21 heavy (non-hydrogen) atoms. The molecule has 4 heteroatoms. The Hall–Kier alpha value is -0.580. The highest BCUT2D eigenvalue weighted by molar-refractivity contribution is 9.10. The van der Waals surface area contributed by atoms with Gasteiger partial charge in [0.15, 0.2) is 0 Å². The molecule has 3 nitrogen and oxygen atoms in total. The fourth-order valence-corrected chi connectivity index (χ4v) is 3.14. The van der Waals surface area contributed by atoms with E-state index in [-0.39, 0.29) is 6.61 Å². The van der Waals surface area contributed by atoms with E-state index in [2.05, 4.69) is 51.3 Å². The Balaban J connectivity index is 2.17. The summed E-state index contributed by atoms with van der Waals surface area (Å²) in [5.41, 5.74) is 2.68. The van der Waals surface area contributed by atoms with Crippen LogP contribution in [0.3, 0.4) is 0 Å². The van der Waals surface area contributed by atoms with Gasteiger partial charge in [-0.1, -0.05) is 28.9 Å². The maximum Gasteiger partial charge on any atom is 0.0447 e. The molecule has 0 unspecified atom stereocenters. The Kier molecular flexibility index (Phi) is 7.00. The van der Waals surface area contributed by atoms with Crippen molar-refractivity contribution in [3.63, 3.8) is 0 Å². The lowest BCUT2D eigenvalue weighted by Gasteiger charge is -2.40. The zero-order valence-electron chi connectivity index (χ0n) is 12.9. The van der Waals surface area contributed by atoms with Gasteiger partial charge >= 0.3 is 0 Å². The fourth-order valence-electron chi connectivity index (χ4n) is 2.79. The summed E-state index contributed by atoms with van der Waals surface area (Å²) in [5, 5.41) is 12.7. The molecule has 1 aliphatic rings. The molecule has 0 bridgehead atoms. The highest BCUT2D eigenvalue weighted by atomic mass is 79.9. The van der Waals surface area contributed by atoms with Gasteiger partial charge in [0, 0.05) is 35.9 Å². The van der Waals surface area contributed by atoms with Gasteiger partial charge in [-0.3, -0.25) is 0 Å². The molecule has 1 aromatic carbocycles. The second-order valence-corrected chi connectivity index (χ2v) is 6.72. The third kappa shape index (κ3) is 4.70. The summed E-state index contributed by atoms with van der Waals surface area (Å²) >= 11 is 3.61. The molecule has 0 radical (unpaired) electrons. The summed E-state index contributed by atoms with van der Waals surface area (Å²) in [5.74, 6) is 0. The van der Waals surface area contributed by atoms with Crippen molar-refractivity contribution in [3.05, 3.63) is 28.2 Å². The number of halogens is 1. The van der Waals surface area contributed by atoms with Crippen LogP contribution in [0.15, 0.2) is 22.7 Å². The number of aliphatic hydroxyl groups excluding tert-OH is 1. The van der Waals surface area contributed by atoms with E-state index in [1.54, 1.807) is 0 Å². The minimum absolute atomic E-state index is 0.265. The molecule has 0 atom stereocenters. The van der Waals surface area contributed by atoms with Crippen LogP contribution in [0.5, 0.6) is 0 Å². The first-order chi connectivity index (χ1) is 10.3. The molecule has 1 aromatic rings. The van der Waals surface area contributed by atoms with Crippen molar-refractivity contribution in [2.45, 2.75) is 51.6 Å². The number of benzene rings is 1. The van der Waals surface area contributed by atoms with E-state index in [1.165, 1.54) is 30.5 Å². The molecule has 0 amide bonds. The minimum atomic E-state index is 0.265. The molecule has 0 aliphatic heterocycles. The lowest BCUT2D eigenvalue weighted by Crippen LogP contribution is -2.42. The minimum Gasteiger partial charge on any atom is -0.396 e. The normalized spacial score (nSPS) is 15.0. The number of anilines is 1. The Morgan fingerprint density at radius 3 is 2.81 bits per heavy atom. The van der Waals surface area contributed by atoms with Crippen LogP contribution in [0.2, 0.25) is 0 Å². The second-order valence-electron chi connectivity index (χ2n) is 5.81. The molecule has 2 N–H and O–H groups in total. The largest absolute Gasteiger partial charge is 0.396 e. The van der Waals surface area contributed by atoms with E-state index in [0.717, 1.165) is 36.9 Å². The summed E-state index contributed by atoms with van der Waals surface area (Å²) in [4.78, 5) is 2.51. The number of nitrogens with one attached hydrogen (secondary N) is 1. The topological polar surface area (TPSA) is 35.5 Å².